The Morgan fingerprint density at radius 2 is 1.88 bits per heavy atom. The third-order valence-electron chi connectivity index (χ3n) is 1.75. The van der Waals surface area contributed by atoms with E-state index in [2.05, 4.69) is 5.10 Å². The van der Waals surface area contributed by atoms with Crippen molar-refractivity contribution in [1.29, 1.82) is 10.5 Å². The second-order valence-corrected chi connectivity index (χ2v) is 3.00. The lowest BCUT2D eigenvalue weighted by Gasteiger charge is -2.04. The summed E-state index contributed by atoms with van der Waals surface area (Å²) in [6.07, 6.45) is 3.03. The third-order valence-corrected chi connectivity index (χ3v) is 1.75. The van der Waals surface area contributed by atoms with Gasteiger partial charge in [-0.15, -0.1) is 0 Å². The van der Waals surface area contributed by atoms with Crippen LogP contribution in [0.5, 0.6) is 0 Å². The Balaban J connectivity index is 2.70. The van der Waals surface area contributed by atoms with Crippen molar-refractivity contribution in [3.63, 3.8) is 0 Å². The lowest BCUT2D eigenvalue weighted by Crippen LogP contribution is -2.02. The van der Waals surface area contributed by atoms with Gasteiger partial charge in [0.25, 0.3) is 0 Å². The normalized spacial score (nSPS) is 9.19. The van der Waals surface area contributed by atoms with Gasteiger partial charge in [0, 0.05) is 7.05 Å². The number of hydrazone groups is 1. The Bertz CT molecular complexity index is 458. The molecule has 1 aromatic carbocycles. The molecule has 1 aromatic rings. The summed E-state index contributed by atoms with van der Waals surface area (Å²) >= 11 is 0. The molecule has 0 radical (unpaired) electrons. The number of hydrogen-bond acceptors (Lipinski definition) is 4. The van der Waals surface area contributed by atoms with E-state index in [1.807, 2.05) is 30.3 Å². The molecule has 0 aliphatic carbocycles. The summed E-state index contributed by atoms with van der Waals surface area (Å²) in [5.41, 5.74) is 0.978. The Morgan fingerprint density at radius 1 is 1.25 bits per heavy atom. The first-order chi connectivity index (χ1) is 7.76. The fourth-order valence-electron chi connectivity index (χ4n) is 1.000. The molecule has 0 N–H and O–H groups in total. The topological polar surface area (TPSA) is 63.2 Å². The van der Waals surface area contributed by atoms with Gasteiger partial charge in [-0.25, -0.2) is 0 Å². The van der Waals surface area contributed by atoms with Gasteiger partial charge in [-0.2, -0.15) is 15.6 Å². The number of benzene rings is 1. The Morgan fingerprint density at radius 3 is 2.44 bits per heavy atom. The lowest BCUT2D eigenvalue weighted by atomic mass is 10.2. The highest BCUT2D eigenvalue weighted by Gasteiger charge is 1.93. The van der Waals surface area contributed by atoms with Crippen LogP contribution < -0.4 is 0 Å². The lowest BCUT2D eigenvalue weighted by molar-refractivity contribution is 0.491. The molecular weight excluding hydrogens is 200 g/mol. The number of rotatable bonds is 3. The quantitative estimate of drug-likeness (QED) is 0.434. The molecule has 0 atom stereocenters. The van der Waals surface area contributed by atoms with Crippen LogP contribution in [0, 0.1) is 22.7 Å². The maximum Gasteiger partial charge on any atom is 0.147 e. The largest absolute Gasteiger partial charge is 0.274 e. The summed E-state index contributed by atoms with van der Waals surface area (Å²) in [5, 5.41) is 22.6. The summed E-state index contributed by atoms with van der Waals surface area (Å²) in [6, 6.07) is 13.1. The zero-order valence-electron chi connectivity index (χ0n) is 8.83. The molecule has 4 heteroatoms. The van der Waals surface area contributed by atoms with Crippen LogP contribution in [0.4, 0.5) is 0 Å². The fourth-order valence-corrected chi connectivity index (χ4v) is 1.000. The molecule has 0 unspecified atom stereocenters. The minimum atomic E-state index is 0.0210. The van der Waals surface area contributed by atoms with E-state index < -0.39 is 0 Å². The van der Waals surface area contributed by atoms with E-state index in [0.717, 1.165) is 5.56 Å². The zero-order valence-corrected chi connectivity index (χ0v) is 8.83. The highest BCUT2D eigenvalue weighted by Crippen LogP contribution is 1.97. The third kappa shape index (κ3) is 3.65. The molecule has 0 fully saturated rings. The van der Waals surface area contributed by atoms with E-state index in [1.165, 1.54) is 11.2 Å². The molecule has 0 aromatic heterocycles. The van der Waals surface area contributed by atoms with E-state index in [-0.39, 0.29) is 5.57 Å². The minimum absolute atomic E-state index is 0.0210. The van der Waals surface area contributed by atoms with E-state index in [4.69, 9.17) is 10.5 Å². The van der Waals surface area contributed by atoms with E-state index >= 15 is 0 Å². The molecule has 78 valence electrons. The van der Waals surface area contributed by atoms with Crippen molar-refractivity contribution in [1.82, 2.24) is 5.01 Å². The van der Waals surface area contributed by atoms with Gasteiger partial charge in [0.2, 0.25) is 0 Å². The summed E-state index contributed by atoms with van der Waals surface area (Å²) in [7, 11) is 1.66. The first-order valence-corrected chi connectivity index (χ1v) is 4.60. The molecule has 0 bridgehead atoms. The Kier molecular flexibility index (Phi) is 4.31. The minimum Gasteiger partial charge on any atom is -0.274 e. The van der Waals surface area contributed by atoms with Crippen molar-refractivity contribution in [3.05, 3.63) is 47.7 Å². The number of allylic oxidation sites excluding steroid dienone is 1. The molecule has 0 saturated heterocycles. The van der Waals surface area contributed by atoms with Crippen LogP contribution >= 0.6 is 0 Å². The monoisotopic (exact) mass is 210 g/mol. The smallest absolute Gasteiger partial charge is 0.147 e. The number of nitrogens with zero attached hydrogens (tertiary/aromatic N) is 4. The Labute approximate surface area is 94.3 Å². The molecule has 0 aliphatic rings. The SMILES string of the molecule is CN(C=C(C#N)C#N)/N=C/c1ccccc1. The molecule has 0 spiro atoms. The maximum atomic E-state index is 8.54. The van der Waals surface area contributed by atoms with Crippen LogP contribution in [0.15, 0.2) is 47.2 Å². The Hall–Kier alpha value is -2.59. The molecule has 1 rings (SSSR count). The van der Waals surface area contributed by atoms with Gasteiger partial charge in [0.1, 0.15) is 17.7 Å². The number of nitriles is 2. The van der Waals surface area contributed by atoms with Gasteiger partial charge in [-0.05, 0) is 5.56 Å². The van der Waals surface area contributed by atoms with Crippen molar-refractivity contribution in [2.24, 2.45) is 5.10 Å². The predicted molar refractivity (Wildman–Crippen MR) is 61.1 cm³/mol. The van der Waals surface area contributed by atoms with E-state index in [1.54, 1.807) is 25.4 Å². The van der Waals surface area contributed by atoms with Crippen LogP contribution in [0.3, 0.4) is 0 Å². The van der Waals surface area contributed by atoms with E-state index in [0.29, 0.717) is 0 Å². The predicted octanol–water partition coefficient (Wildman–Crippen LogP) is 1.88. The van der Waals surface area contributed by atoms with Crippen LogP contribution in [0.1, 0.15) is 5.56 Å². The molecule has 0 amide bonds. The average Bonchev–Trinajstić information content (AvgIpc) is 2.34. The van der Waals surface area contributed by atoms with Gasteiger partial charge in [0.15, 0.2) is 0 Å². The maximum absolute atomic E-state index is 8.54. The molecule has 0 saturated carbocycles. The summed E-state index contributed by atoms with van der Waals surface area (Å²) in [4.78, 5) is 0. The van der Waals surface area contributed by atoms with Gasteiger partial charge in [0.05, 0.1) is 12.4 Å². The van der Waals surface area contributed by atoms with Crippen LogP contribution in [0.2, 0.25) is 0 Å². The second-order valence-electron chi connectivity index (χ2n) is 3.00. The molecule has 0 aliphatic heterocycles. The molecule has 16 heavy (non-hydrogen) atoms. The van der Waals surface area contributed by atoms with Crippen LogP contribution in [0.25, 0.3) is 0 Å². The highest BCUT2D eigenvalue weighted by atomic mass is 15.4. The summed E-state index contributed by atoms with van der Waals surface area (Å²) in [5.74, 6) is 0. The van der Waals surface area contributed by atoms with Crippen molar-refractivity contribution in [3.8, 4) is 12.1 Å². The fraction of sp³-hybridized carbons (Fsp3) is 0.0833. The average molecular weight is 210 g/mol. The van der Waals surface area contributed by atoms with E-state index in [9.17, 15) is 0 Å². The zero-order chi connectivity index (χ0) is 11.8. The van der Waals surface area contributed by atoms with Gasteiger partial charge >= 0.3 is 0 Å². The molecular formula is C12H10N4. The van der Waals surface area contributed by atoms with Crippen molar-refractivity contribution < 1.29 is 0 Å². The first kappa shape index (κ1) is 11.5. The molecule has 0 heterocycles. The van der Waals surface area contributed by atoms with Crippen molar-refractivity contribution in [2.45, 2.75) is 0 Å². The van der Waals surface area contributed by atoms with Crippen molar-refractivity contribution >= 4 is 6.21 Å². The number of hydrogen-bond donors (Lipinski definition) is 0. The van der Waals surface area contributed by atoms with Gasteiger partial charge in [-0.1, -0.05) is 30.3 Å². The van der Waals surface area contributed by atoms with Gasteiger partial charge < -0.3 is 0 Å². The highest BCUT2D eigenvalue weighted by molar-refractivity contribution is 5.79. The standard InChI is InChI=1S/C12H10N4/c1-16(10-12(7-13)8-14)15-9-11-5-3-2-4-6-11/h2-6,9-10H,1H3/b15-9+. The first-order valence-electron chi connectivity index (χ1n) is 4.60. The van der Waals surface area contributed by atoms with Crippen LogP contribution in [-0.2, 0) is 0 Å². The van der Waals surface area contributed by atoms with Crippen LogP contribution in [-0.4, -0.2) is 18.3 Å². The van der Waals surface area contributed by atoms with Gasteiger partial charge in [-0.3, -0.25) is 5.01 Å². The summed E-state index contributed by atoms with van der Waals surface area (Å²) in [6.45, 7) is 0. The molecule has 4 nitrogen and oxygen atoms in total. The van der Waals surface area contributed by atoms with Crippen molar-refractivity contribution in [2.75, 3.05) is 7.05 Å². The second kappa shape index (κ2) is 6.00. The summed E-state index contributed by atoms with van der Waals surface area (Å²) < 4.78 is 0.